The Bertz CT molecular complexity index is 627. The molecule has 0 amide bonds. The maximum absolute atomic E-state index is 5.50. The van der Waals surface area contributed by atoms with E-state index < -0.39 is 0 Å². The number of aryl methyl sites for hydroxylation is 2. The predicted octanol–water partition coefficient (Wildman–Crippen LogP) is 3.49. The number of H-pyrrole nitrogens is 1. The molecule has 0 saturated heterocycles. The quantitative estimate of drug-likeness (QED) is 0.843. The highest BCUT2D eigenvalue weighted by Gasteiger charge is 2.26. The van der Waals surface area contributed by atoms with Crippen LogP contribution in [-0.2, 0) is 7.05 Å². The van der Waals surface area contributed by atoms with Crippen molar-refractivity contribution in [2.75, 3.05) is 0 Å². The zero-order valence-electron chi connectivity index (χ0n) is 11.2. The maximum atomic E-state index is 5.50. The van der Waals surface area contributed by atoms with Gasteiger partial charge in [0, 0.05) is 13.1 Å². The van der Waals surface area contributed by atoms with Crippen LogP contribution in [0.5, 0.6) is 0 Å². The van der Waals surface area contributed by atoms with Crippen LogP contribution in [0.4, 0.5) is 0 Å². The standard InChI is InChI=1S/C13H20N4S/c1-8-11-12(16(3)15-8)17(13(18)14-11)9(2)10-6-4-5-7-10/h9-10H,4-7H2,1-3H3,(H,14,18). The van der Waals surface area contributed by atoms with Gasteiger partial charge >= 0.3 is 0 Å². The topological polar surface area (TPSA) is 38.5 Å². The van der Waals surface area contributed by atoms with Gasteiger partial charge in [-0.3, -0.25) is 9.25 Å². The van der Waals surface area contributed by atoms with E-state index in [9.17, 15) is 0 Å². The average Bonchev–Trinajstić information content (AvgIpc) is 2.98. The number of hydrogen-bond donors (Lipinski definition) is 1. The summed E-state index contributed by atoms with van der Waals surface area (Å²) in [5.41, 5.74) is 3.25. The number of imidazole rings is 1. The van der Waals surface area contributed by atoms with Crippen molar-refractivity contribution in [1.29, 1.82) is 0 Å². The molecule has 0 aliphatic heterocycles. The summed E-state index contributed by atoms with van der Waals surface area (Å²) in [5.74, 6) is 0.755. The summed E-state index contributed by atoms with van der Waals surface area (Å²) in [7, 11) is 2.00. The van der Waals surface area contributed by atoms with Crippen LogP contribution in [0, 0.1) is 17.6 Å². The van der Waals surface area contributed by atoms with Crippen LogP contribution in [0.15, 0.2) is 0 Å². The lowest BCUT2D eigenvalue weighted by Crippen LogP contribution is -2.15. The van der Waals surface area contributed by atoms with Crippen molar-refractivity contribution in [2.45, 2.75) is 45.6 Å². The zero-order valence-corrected chi connectivity index (χ0v) is 12.0. The fourth-order valence-corrected chi connectivity index (χ4v) is 3.72. The minimum absolute atomic E-state index is 0.462. The molecule has 1 N–H and O–H groups in total. The first-order chi connectivity index (χ1) is 8.59. The van der Waals surface area contributed by atoms with Crippen molar-refractivity contribution in [2.24, 2.45) is 13.0 Å². The molecule has 0 radical (unpaired) electrons. The molecule has 0 aromatic carbocycles. The van der Waals surface area contributed by atoms with E-state index >= 15 is 0 Å². The highest BCUT2D eigenvalue weighted by atomic mass is 32.1. The van der Waals surface area contributed by atoms with Gasteiger partial charge in [-0.15, -0.1) is 0 Å². The Morgan fingerprint density at radius 3 is 2.72 bits per heavy atom. The Kier molecular flexibility index (Phi) is 2.81. The van der Waals surface area contributed by atoms with Crippen molar-refractivity contribution >= 4 is 23.4 Å². The summed E-state index contributed by atoms with van der Waals surface area (Å²) in [6.07, 6.45) is 5.37. The smallest absolute Gasteiger partial charge is 0.179 e. The molecule has 98 valence electrons. The van der Waals surface area contributed by atoms with Gasteiger partial charge in [0.05, 0.1) is 5.69 Å². The third kappa shape index (κ3) is 1.64. The lowest BCUT2D eigenvalue weighted by Gasteiger charge is -2.21. The second kappa shape index (κ2) is 4.23. The summed E-state index contributed by atoms with van der Waals surface area (Å²) in [5, 5.41) is 4.48. The zero-order chi connectivity index (χ0) is 12.9. The Morgan fingerprint density at radius 2 is 2.06 bits per heavy atom. The lowest BCUT2D eigenvalue weighted by molar-refractivity contribution is 0.361. The summed E-state index contributed by atoms with van der Waals surface area (Å²) < 4.78 is 5.05. The first kappa shape index (κ1) is 12.0. The number of aromatic amines is 1. The molecule has 2 aromatic rings. The van der Waals surface area contributed by atoms with Gasteiger partial charge in [-0.05, 0) is 44.8 Å². The van der Waals surface area contributed by atoms with E-state index in [1.165, 1.54) is 25.7 Å². The largest absolute Gasteiger partial charge is 0.328 e. The van der Waals surface area contributed by atoms with Crippen molar-refractivity contribution in [3.63, 3.8) is 0 Å². The summed E-state index contributed by atoms with van der Waals surface area (Å²) in [6.45, 7) is 4.32. The first-order valence-electron chi connectivity index (χ1n) is 6.73. The van der Waals surface area contributed by atoms with E-state index in [-0.39, 0.29) is 0 Å². The molecule has 0 bridgehead atoms. The van der Waals surface area contributed by atoms with Gasteiger partial charge in [0.15, 0.2) is 10.4 Å². The molecule has 1 fully saturated rings. The number of fused-ring (bicyclic) bond motifs is 1. The van der Waals surface area contributed by atoms with Crippen LogP contribution in [0.25, 0.3) is 11.2 Å². The van der Waals surface area contributed by atoms with Crippen LogP contribution >= 0.6 is 12.2 Å². The molecule has 2 aromatic heterocycles. The van der Waals surface area contributed by atoms with Gasteiger partial charge < -0.3 is 4.98 Å². The fraction of sp³-hybridized carbons (Fsp3) is 0.692. The van der Waals surface area contributed by atoms with Crippen molar-refractivity contribution < 1.29 is 0 Å². The van der Waals surface area contributed by atoms with E-state index in [0.717, 1.165) is 27.5 Å². The number of hydrogen-bond acceptors (Lipinski definition) is 2. The second-order valence-corrected chi connectivity index (χ2v) is 5.88. The highest BCUT2D eigenvalue weighted by molar-refractivity contribution is 7.71. The normalized spacial score (nSPS) is 18.8. The third-order valence-electron chi connectivity index (χ3n) is 4.36. The molecule has 5 heteroatoms. The van der Waals surface area contributed by atoms with Crippen LogP contribution in [0.2, 0.25) is 0 Å². The van der Waals surface area contributed by atoms with Gasteiger partial charge in [0.25, 0.3) is 0 Å². The molecule has 1 aliphatic carbocycles. The van der Waals surface area contributed by atoms with Crippen LogP contribution in [-0.4, -0.2) is 19.3 Å². The molecule has 1 atom stereocenters. The van der Waals surface area contributed by atoms with Gasteiger partial charge in [-0.2, -0.15) is 5.10 Å². The molecular weight excluding hydrogens is 244 g/mol. The Morgan fingerprint density at radius 1 is 1.39 bits per heavy atom. The second-order valence-electron chi connectivity index (χ2n) is 5.49. The van der Waals surface area contributed by atoms with Gasteiger partial charge in [0.2, 0.25) is 0 Å². The number of nitrogens with zero attached hydrogens (tertiary/aromatic N) is 3. The average molecular weight is 264 g/mol. The van der Waals surface area contributed by atoms with Gasteiger partial charge in [0.1, 0.15) is 5.52 Å². The Hall–Kier alpha value is -1.10. The Balaban J connectivity index is 2.15. The minimum Gasteiger partial charge on any atom is -0.328 e. The molecule has 1 aliphatic rings. The maximum Gasteiger partial charge on any atom is 0.179 e. The molecular formula is C13H20N4S. The van der Waals surface area contributed by atoms with E-state index in [1.54, 1.807) is 0 Å². The van der Waals surface area contributed by atoms with Crippen molar-refractivity contribution in [3.05, 3.63) is 10.5 Å². The van der Waals surface area contributed by atoms with Crippen LogP contribution in [0.1, 0.15) is 44.3 Å². The molecule has 2 heterocycles. The summed E-state index contributed by atoms with van der Waals surface area (Å²) >= 11 is 5.50. The van der Waals surface area contributed by atoms with Gasteiger partial charge in [-0.1, -0.05) is 12.8 Å². The third-order valence-corrected chi connectivity index (χ3v) is 4.66. The highest BCUT2D eigenvalue weighted by Crippen LogP contribution is 2.35. The number of nitrogens with one attached hydrogen (secondary N) is 1. The number of aromatic nitrogens is 4. The van der Waals surface area contributed by atoms with Gasteiger partial charge in [-0.25, -0.2) is 0 Å². The van der Waals surface area contributed by atoms with E-state index in [2.05, 4.69) is 21.6 Å². The molecule has 0 spiro atoms. The van der Waals surface area contributed by atoms with Crippen molar-refractivity contribution in [1.82, 2.24) is 19.3 Å². The minimum atomic E-state index is 0.462. The van der Waals surface area contributed by atoms with Crippen LogP contribution < -0.4 is 0 Å². The lowest BCUT2D eigenvalue weighted by atomic mass is 10.00. The number of rotatable bonds is 2. The van der Waals surface area contributed by atoms with E-state index in [0.29, 0.717) is 6.04 Å². The monoisotopic (exact) mass is 264 g/mol. The first-order valence-corrected chi connectivity index (χ1v) is 7.14. The molecule has 1 saturated carbocycles. The van der Waals surface area contributed by atoms with Crippen molar-refractivity contribution in [3.8, 4) is 0 Å². The summed E-state index contributed by atoms with van der Waals surface area (Å²) in [4.78, 5) is 3.31. The van der Waals surface area contributed by atoms with Crippen LogP contribution in [0.3, 0.4) is 0 Å². The SMILES string of the molecule is Cc1nn(C)c2c1[nH]c(=S)n2C(C)C1CCCC1. The van der Waals surface area contributed by atoms with E-state index in [1.807, 2.05) is 18.7 Å². The molecule has 18 heavy (non-hydrogen) atoms. The molecule has 1 unspecified atom stereocenters. The predicted molar refractivity (Wildman–Crippen MR) is 75.3 cm³/mol. The molecule has 4 nitrogen and oxygen atoms in total. The fourth-order valence-electron chi connectivity index (χ4n) is 3.36. The summed E-state index contributed by atoms with van der Waals surface area (Å²) in [6, 6.07) is 0.462. The van der Waals surface area contributed by atoms with E-state index in [4.69, 9.17) is 12.2 Å². The Labute approximate surface area is 112 Å². The molecule has 3 rings (SSSR count).